The highest BCUT2D eigenvalue weighted by atomic mass is 16.4. The highest BCUT2D eigenvalue weighted by molar-refractivity contribution is 5.91. The number of carboxylic acid groups (broad SMARTS) is 1. The maximum absolute atomic E-state index is 11.3. The molecule has 5 heteroatoms. The van der Waals surface area contributed by atoms with Gasteiger partial charge in [-0.25, -0.2) is 4.79 Å². The SMILES string of the molecule is C=C(C)C(=O)NCCCC[N+](C)(C)C(C)(C)C(=O)O. The minimum atomic E-state index is -0.818. The summed E-state index contributed by atoms with van der Waals surface area (Å²) in [6, 6.07) is 0. The summed E-state index contributed by atoms with van der Waals surface area (Å²) in [5.41, 5.74) is -0.316. The van der Waals surface area contributed by atoms with Crippen LogP contribution in [0.15, 0.2) is 12.2 Å². The van der Waals surface area contributed by atoms with Crippen molar-refractivity contribution < 1.29 is 19.2 Å². The molecule has 0 saturated carbocycles. The lowest BCUT2D eigenvalue weighted by Crippen LogP contribution is -2.60. The number of aliphatic carboxylic acids is 1. The Labute approximate surface area is 115 Å². The summed E-state index contributed by atoms with van der Waals surface area (Å²) in [6.07, 6.45) is 1.69. The van der Waals surface area contributed by atoms with Crippen molar-refractivity contribution in [2.75, 3.05) is 27.2 Å². The number of rotatable bonds is 8. The predicted octanol–water partition coefficient (Wildman–Crippen LogP) is 1.40. The summed E-state index contributed by atoms with van der Waals surface area (Å²) >= 11 is 0. The molecule has 1 amide bonds. The van der Waals surface area contributed by atoms with Gasteiger partial charge in [0, 0.05) is 26.0 Å². The molecular weight excluding hydrogens is 244 g/mol. The van der Waals surface area contributed by atoms with Crippen molar-refractivity contribution in [3.05, 3.63) is 12.2 Å². The zero-order valence-electron chi connectivity index (χ0n) is 12.7. The van der Waals surface area contributed by atoms with Crippen molar-refractivity contribution in [2.45, 2.75) is 39.2 Å². The number of unbranched alkanes of at least 4 members (excludes halogenated alkanes) is 1. The Morgan fingerprint density at radius 3 is 2.21 bits per heavy atom. The third-order valence-electron chi connectivity index (χ3n) is 3.85. The van der Waals surface area contributed by atoms with Crippen LogP contribution in [0.2, 0.25) is 0 Å². The van der Waals surface area contributed by atoms with Gasteiger partial charge in [-0.05, 0) is 19.8 Å². The van der Waals surface area contributed by atoms with Crippen LogP contribution in [0.1, 0.15) is 33.6 Å². The number of amides is 1. The second-order valence-corrected chi connectivity index (χ2v) is 6.02. The molecule has 0 heterocycles. The molecule has 0 aromatic carbocycles. The molecule has 0 aromatic rings. The van der Waals surface area contributed by atoms with Gasteiger partial charge in [-0.15, -0.1) is 0 Å². The van der Waals surface area contributed by atoms with Crippen LogP contribution in [0.3, 0.4) is 0 Å². The fourth-order valence-corrected chi connectivity index (χ4v) is 1.52. The van der Waals surface area contributed by atoms with E-state index in [1.807, 2.05) is 14.1 Å². The van der Waals surface area contributed by atoms with Gasteiger partial charge >= 0.3 is 5.97 Å². The molecule has 19 heavy (non-hydrogen) atoms. The summed E-state index contributed by atoms with van der Waals surface area (Å²) in [4.78, 5) is 22.5. The fourth-order valence-electron chi connectivity index (χ4n) is 1.52. The van der Waals surface area contributed by atoms with Crippen LogP contribution >= 0.6 is 0 Å². The Kier molecular flexibility index (Phi) is 6.22. The van der Waals surface area contributed by atoms with Crippen LogP contribution in [0.4, 0.5) is 0 Å². The number of likely N-dealkylation sites (N-methyl/N-ethyl adjacent to an activating group) is 1. The van der Waals surface area contributed by atoms with Crippen LogP contribution in [-0.4, -0.2) is 54.2 Å². The maximum atomic E-state index is 11.3. The van der Waals surface area contributed by atoms with Crippen LogP contribution in [0.5, 0.6) is 0 Å². The van der Waals surface area contributed by atoms with E-state index < -0.39 is 11.5 Å². The van der Waals surface area contributed by atoms with Crippen molar-refractivity contribution in [1.82, 2.24) is 5.32 Å². The first-order valence-corrected chi connectivity index (χ1v) is 6.52. The predicted molar refractivity (Wildman–Crippen MR) is 75.7 cm³/mol. The average molecular weight is 271 g/mol. The summed E-state index contributed by atoms with van der Waals surface area (Å²) in [5.74, 6) is -0.923. The van der Waals surface area contributed by atoms with Gasteiger partial charge in [0.1, 0.15) is 0 Å². The molecule has 0 aliphatic heterocycles. The molecule has 0 fully saturated rings. The smallest absolute Gasteiger partial charge is 0.365 e. The van der Waals surface area contributed by atoms with E-state index in [1.165, 1.54) is 0 Å². The Hall–Kier alpha value is -1.36. The molecular formula is C14H27N2O3+. The minimum absolute atomic E-state index is 0.125. The standard InChI is InChI=1S/C14H26N2O3/c1-11(2)12(17)15-9-7-8-10-16(5,6)14(3,4)13(18)19/h1,7-10H2,2-6H3,(H-,15,17,18,19)/p+1. The molecule has 0 bridgehead atoms. The third kappa shape index (κ3) is 5.03. The lowest BCUT2D eigenvalue weighted by molar-refractivity contribution is -0.928. The van der Waals surface area contributed by atoms with Crippen molar-refractivity contribution >= 4 is 11.9 Å². The van der Waals surface area contributed by atoms with Crippen molar-refractivity contribution in [1.29, 1.82) is 0 Å². The molecule has 0 aromatic heterocycles. The van der Waals surface area contributed by atoms with Gasteiger partial charge in [0.2, 0.25) is 5.91 Å². The van der Waals surface area contributed by atoms with Gasteiger partial charge < -0.3 is 14.9 Å². The molecule has 0 aliphatic carbocycles. The molecule has 0 saturated heterocycles. The Morgan fingerprint density at radius 1 is 1.26 bits per heavy atom. The number of nitrogens with one attached hydrogen (secondary N) is 1. The average Bonchev–Trinajstić information content (AvgIpc) is 2.27. The second-order valence-electron chi connectivity index (χ2n) is 6.02. The van der Waals surface area contributed by atoms with E-state index in [4.69, 9.17) is 0 Å². The molecule has 0 radical (unpaired) electrons. The van der Waals surface area contributed by atoms with Crippen LogP contribution in [0.25, 0.3) is 0 Å². The Bertz CT molecular complexity index is 360. The topological polar surface area (TPSA) is 66.4 Å². The lowest BCUT2D eigenvalue weighted by atomic mass is 10.00. The molecule has 0 unspecified atom stereocenters. The Balaban J connectivity index is 4.11. The largest absolute Gasteiger partial charge is 0.477 e. The first kappa shape index (κ1) is 17.6. The molecule has 110 valence electrons. The van der Waals surface area contributed by atoms with E-state index in [0.717, 1.165) is 19.4 Å². The van der Waals surface area contributed by atoms with Gasteiger partial charge in [0.25, 0.3) is 0 Å². The third-order valence-corrected chi connectivity index (χ3v) is 3.85. The van der Waals surface area contributed by atoms with Gasteiger partial charge in [-0.2, -0.15) is 0 Å². The number of carboxylic acids is 1. The molecule has 2 N–H and O–H groups in total. The highest BCUT2D eigenvalue weighted by Gasteiger charge is 2.43. The van der Waals surface area contributed by atoms with E-state index in [2.05, 4.69) is 11.9 Å². The Morgan fingerprint density at radius 2 is 1.79 bits per heavy atom. The van der Waals surface area contributed by atoms with Crippen LogP contribution in [0, 0.1) is 0 Å². The molecule has 5 nitrogen and oxygen atoms in total. The van der Waals surface area contributed by atoms with E-state index in [1.54, 1.807) is 20.8 Å². The van der Waals surface area contributed by atoms with Crippen molar-refractivity contribution in [3.63, 3.8) is 0 Å². The van der Waals surface area contributed by atoms with E-state index in [-0.39, 0.29) is 5.91 Å². The quantitative estimate of drug-likeness (QED) is 0.398. The summed E-state index contributed by atoms with van der Waals surface area (Å²) in [6.45, 7) is 10.1. The van der Waals surface area contributed by atoms with Gasteiger partial charge in [-0.3, -0.25) is 4.79 Å². The van der Waals surface area contributed by atoms with Crippen molar-refractivity contribution in [3.8, 4) is 0 Å². The monoisotopic (exact) mass is 271 g/mol. The number of hydrogen-bond acceptors (Lipinski definition) is 2. The lowest BCUT2D eigenvalue weighted by Gasteiger charge is -2.41. The fraction of sp³-hybridized carbons (Fsp3) is 0.714. The number of nitrogens with zero attached hydrogens (tertiary/aromatic N) is 1. The zero-order valence-corrected chi connectivity index (χ0v) is 12.7. The van der Waals surface area contributed by atoms with E-state index in [9.17, 15) is 14.7 Å². The van der Waals surface area contributed by atoms with Gasteiger partial charge in [-0.1, -0.05) is 6.58 Å². The number of carbonyl (C=O) groups excluding carboxylic acids is 1. The molecule has 0 atom stereocenters. The summed E-state index contributed by atoms with van der Waals surface area (Å²) in [7, 11) is 3.83. The summed E-state index contributed by atoms with van der Waals surface area (Å²) < 4.78 is 0.413. The van der Waals surface area contributed by atoms with E-state index >= 15 is 0 Å². The molecule has 0 spiro atoms. The number of carbonyl (C=O) groups is 2. The normalized spacial score (nSPS) is 12.1. The maximum Gasteiger partial charge on any atom is 0.365 e. The first-order chi connectivity index (χ1) is 8.52. The molecule has 0 rings (SSSR count). The van der Waals surface area contributed by atoms with Gasteiger partial charge in [0.15, 0.2) is 5.54 Å². The summed E-state index contributed by atoms with van der Waals surface area (Å²) in [5, 5.41) is 12.0. The van der Waals surface area contributed by atoms with Crippen LogP contribution in [-0.2, 0) is 9.59 Å². The minimum Gasteiger partial charge on any atom is -0.477 e. The van der Waals surface area contributed by atoms with Gasteiger partial charge in [0.05, 0.1) is 20.6 Å². The highest BCUT2D eigenvalue weighted by Crippen LogP contribution is 2.21. The second kappa shape index (κ2) is 6.70. The number of quaternary nitrogens is 1. The first-order valence-electron chi connectivity index (χ1n) is 6.52. The van der Waals surface area contributed by atoms with Crippen LogP contribution < -0.4 is 5.32 Å². The number of hydrogen-bond donors (Lipinski definition) is 2. The van der Waals surface area contributed by atoms with E-state index in [0.29, 0.717) is 16.6 Å². The zero-order chi connectivity index (χ0) is 15.3. The van der Waals surface area contributed by atoms with Crippen molar-refractivity contribution in [2.24, 2.45) is 0 Å². The molecule has 0 aliphatic rings.